The molecule has 1 aromatic carbocycles. The molecule has 2 N–H and O–H groups in total. The fourth-order valence-electron chi connectivity index (χ4n) is 2.02. The molecule has 1 heterocycles. The highest BCUT2D eigenvalue weighted by Gasteiger charge is 2.16. The first-order chi connectivity index (χ1) is 9.44. The Morgan fingerprint density at radius 2 is 2.05 bits per heavy atom. The summed E-state index contributed by atoms with van der Waals surface area (Å²) in [4.78, 5) is 11.9. The van der Waals surface area contributed by atoms with Crippen molar-refractivity contribution in [3.05, 3.63) is 29.8 Å². The third-order valence-corrected chi connectivity index (χ3v) is 3.57. The van der Waals surface area contributed by atoms with Gasteiger partial charge in [-0.25, -0.2) is 8.42 Å². The zero-order valence-corrected chi connectivity index (χ0v) is 12.1. The van der Waals surface area contributed by atoms with Gasteiger partial charge in [0.05, 0.1) is 12.4 Å². The van der Waals surface area contributed by atoms with Crippen LogP contribution < -0.4 is 10.0 Å². The van der Waals surface area contributed by atoms with Gasteiger partial charge < -0.3 is 10.1 Å². The number of hydrogen-bond donors (Lipinski definition) is 2. The van der Waals surface area contributed by atoms with Crippen LogP contribution in [0.2, 0.25) is 0 Å². The first-order valence-corrected chi connectivity index (χ1v) is 8.31. The molecule has 1 amide bonds. The molecule has 1 saturated heterocycles. The van der Waals surface area contributed by atoms with Gasteiger partial charge in [-0.1, -0.05) is 0 Å². The highest BCUT2D eigenvalue weighted by Crippen LogP contribution is 2.12. The molecule has 0 bridgehead atoms. The van der Waals surface area contributed by atoms with Crippen LogP contribution in [0.15, 0.2) is 24.3 Å². The first kappa shape index (κ1) is 14.8. The number of anilines is 1. The highest BCUT2D eigenvalue weighted by molar-refractivity contribution is 7.92. The highest BCUT2D eigenvalue weighted by atomic mass is 32.2. The van der Waals surface area contributed by atoms with E-state index in [1.54, 1.807) is 24.3 Å². The Hall–Kier alpha value is -1.60. The molecular weight excluding hydrogens is 280 g/mol. The quantitative estimate of drug-likeness (QED) is 0.848. The fraction of sp³-hybridized carbons (Fsp3) is 0.462. The van der Waals surface area contributed by atoms with Gasteiger partial charge >= 0.3 is 0 Å². The molecule has 1 aliphatic heterocycles. The summed E-state index contributed by atoms with van der Waals surface area (Å²) < 4.78 is 29.9. The van der Waals surface area contributed by atoms with Crippen LogP contribution in [0.3, 0.4) is 0 Å². The van der Waals surface area contributed by atoms with E-state index in [9.17, 15) is 13.2 Å². The van der Waals surface area contributed by atoms with E-state index in [-0.39, 0.29) is 12.0 Å². The maximum Gasteiger partial charge on any atom is 0.251 e. The number of sulfonamides is 1. The van der Waals surface area contributed by atoms with Crippen molar-refractivity contribution >= 4 is 21.6 Å². The molecule has 0 saturated carbocycles. The summed E-state index contributed by atoms with van der Waals surface area (Å²) in [5.41, 5.74) is 0.922. The second-order valence-corrected chi connectivity index (χ2v) is 6.55. The molecule has 7 heteroatoms. The number of carbonyl (C=O) groups is 1. The number of nitrogens with one attached hydrogen (secondary N) is 2. The van der Waals surface area contributed by atoms with Gasteiger partial charge in [-0.05, 0) is 37.1 Å². The Labute approximate surface area is 118 Å². The van der Waals surface area contributed by atoms with Crippen molar-refractivity contribution in [2.24, 2.45) is 0 Å². The van der Waals surface area contributed by atoms with E-state index >= 15 is 0 Å². The molecule has 0 aliphatic carbocycles. The van der Waals surface area contributed by atoms with Crippen molar-refractivity contribution in [1.29, 1.82) is 0 Å². The zero-order chi connectivity index (χ0) is 14.6. The van der Waals surface area contributed by atoms with Gasteiger partial charge in [-0.15, -0.1) is 0 Å². The predicted molar refractivity (Wildman–Crippen MR) is 76.2 cm³/mol. The van der Waals surface area contributed by atoms with E-state index in [2.05, 4.69) is 10.0 Å². The van der Waals surface area contributed by atoms with E-state index < -0.39 is 10.0 Å². The Balaban J connectivity index is 1.90. The summed E-state index contributed by atoms with van der Waals surface area (Å²) in [6, 6.07) is 6.28. The summed E-state index contributed by atoms with van der Waals surface area (Å²) in [6.45, 7) is 1.26. The van der Waals surface area contributed by atoms with E-state index in [4.69, 9.17) is 4.74 Å². The second-order valence-electron chi connectivity index (χ2n) is 4.80. The monoisotopic (exact) mass is 298 g/mol. The molecule has 2 rings (SSSR count). The average molecular weight is 298 g/mol. The maximum atomic E-state index is 11.9. The molecule has 0 spiro atoms. The minimum absolute atomic E-state index is 0.102. The fourth-order valence-corrected chi connectivity index (χ4v) is 2.58. The predicted octanol–water partition coefficient (Wildman–Crippen LogP) is 0.967. The summed E-state index contributed by atoms with van der Waals surface area (Å²) >= 11 is 0. The van der Waals surface area contributed by atoms with Crippen molar-refractivity contribution < 1.29 is 17.9 Å². The van der Waals surface area contributed by atoms with Gasteiger partial charge in [-0.3, -0.25) is 9.52 Å². The smallest absolute Gasteiger partial charge is 0.251 e. The summed E-state index contributed by atoms with van der Waals surface area (Å²) in [5.74, 6) is -0.189. The van der Waals surface area contributed by atoms with Crippen molar-refractivity contribution in [3.8, 4) is 0 Å². The summed E-state index contributed by atoms with van der Waals surface area (Å²) in [7, 11) is -3.30. The van der Waals surface area contributed by atoms with Gasteiger partial charge in [0, 0.05) is 24.4 Å². The lowest BCUT2D eigenvalue weighted by atomic mass is 10.2. The van der Waals surface area contributed by atoms with E-state index in [1.807, 2.05) is 0 Å². The Morgan fingerprint density at radius 1 is 1.35 bits per heavy atom. The number of carbonyl (C=O) groups excluding carboxylic acids is 1. The number of benzene rings is 1. The van der Waals surface area contributed by atoms with Crippen LogP contribution in [0.4, 0.5) is 5.69 Å². The normalized spacial score (nSPS) is 18.8. The van der Waals surface area contributed by atoms with Gasteiger partial charge in [-0.2, -0.15) is 0 Å². The van der Waals surface area contributed by atoms with E-state index in [0.29, 0.717) is 17.8 Å². The largest absolute Gasteiger partial charge is 0.376 e. The number of amides is 1. The molecule has 6 nitrogen and oxygen atoms in total. The molecule has 1 atom stereocenters. The van der Waals surface area contributed by atoms with Gasteiger partial charge in [0.1, 0.15) is 0 Å². The first-order valence-electron chi connectivity index (χ1n) is 6.42. The van der Waals surface area contributed by atoms with Crippen molar-refractivity contribution in [3.63, 3.8) is 0 Å². The lowest BCUT2D eigenvalue weighted by molar-refractivity contribution is 0.0858. The molecule has 20 heavy (non-hydrogen) atoms. The van der Waals surface area contributed by atoms with Crippen molar-refractivity contribution in [2.75, 3.05) is 24.1 Å². The van der Waals surface area contributed by atoms with Crippen LogP contribution in [0.25, 0.3) is 0 Å². The SMILES string of the molecule is CS(=O)(=O)Nc1ccc(C(=O)NC[C@@H]2CCCO2)cc1. The van der Waals surface area contributed by atoms with E-state index in [1.165, 1.54) is 0 Å². The molecular formula is C13H18N2O4S. The number of rotatable bonds is 5. The summed E-state index contributed by atoms with van der Waals surface area (Å²) in [6.07, 6.45) is 3.18. The van der Waals surface area contributed by atoms with Crippen molar-refractivity contribution in [1.82, 2.24) is 5.32 Å². The molecule has 110 valence electrons. The molecule has 0 aromatic heterocycles. The molecule has 1 aliphatic rings. The van der Waals surface area contributed by atoms with Gasteiger partial charge in [0.2, 0.25) is 10.0 Å². The number of ether oxygens (including phenoxy) is 1. The Bertz CT molecular complexity index is 563. The minimum Gasteiger partial charge on any atom is -0.376 e. The standard InChI is InChI=1S/C13H18N2O4S/c1-20(17,18)15-11-6-4-10(5-7-11)13(16)14-9-12-3-2-8-19-12/h4-7,12,15H,2-3,8-9H2,1H3,(H,14,16)/t12-/m0/s1. The third-order valence-electron chi connectivity index (χ3n) is 2.96. The van der Waals surface area contributed by atoms with Crippen LogP contribution in [-0.2, 0) is 14.8 Å². The Morgan fingerprint density at radius 3 is 2.60 bits per heavy atom. The topological polar surface area (TPSA) is 84.5 Å². The minimum atomic E-state index is -3.30. The molecule has 1 aromatic rings. The maximum absolute atomic E-state index is 11.9. The molecule has 0 radical (unpaired) electrons. The van der Waals surface area contributed by atoms with Crippen LogP contribution in [-0.4, -0.2) is 39.8 Å². The van der Waals surface area contributed by atoms with Gasteiger partial charge in [0.25, 0.3) is 5.91 Å². The van der Waals surface area contributed by atoms with E-state index in [0.717, 1.165) is 25.7 Å². The lowest BCUT2D eigenvalue weighted by Gasteiger charge is -2.11. The third kappa shape index (κ3) is 4.50. The van der Waals surface area contributed by atoms with Crippen LogP contribution in [0.5, 0.6) is 0 Å². The number of hydrogen-bond acceptors (Lipinski definition) is 4. The second kappa shape index (κ2) is 6.23. The average Bonchev–Trinajstić information content (AvgIpc) is 2.88. The van der Waals surface area contributed by atoms with Gasteiger partial charge in [0.15, 0.2) is 0 Å². The van der Waals surface area contributed by atoms with Crippen LogP contribution >= 0.6 is 0 Å². The lowest BCUT2D eigenvalue weighted by Crippen LogP contribution is -2.31. The van der Waals surface area contributed by atoms with Crippen LogP contribution in [0.1, 0.15) is 23.2 Å². The summed E-state index contributed by atoms with van der Waals surface area (Å²) in [5, 5.41) is 2.81. The zero-order valence-electron chi connectivity index (χ0n) is 11.3. The molecule has 1 fully saturated rings. The molecule has 0 unspecified atom stereocenters. The Kier molecular flexibility index (Phi) is 4.61. The van der Waals surface area contributed by atoms with Crippen LogP contribution in [0, 0.1) is 0 Å². The van der Waals surface area contributed by atoms with Crippen molar-refractivity contribution in [2.45, 2.75) is 18.9 Å².